The molecule has 1 fully saturated rings. The molecule has 7 heteroatoms. The zero-order valence-electron chi connectivity index (χ0n) is 16.7. The third-order valence-electron chi connectivity index (χ3n) is 5.64. The fourth-order valence-electron chi connectivity index (χ4n) is 3.97. The molecule has 3 heterocycles. The highest BCUT2D eigenvalue weighted by atomic mass is 16.5. The number of amides is 2. The summed E-state index contributed by atoms with van der Waals surface area (Å²) in [5, 5.41) is 0. The van der Waals surface area contributed by atoms with Crippen molar-refractivity contribution in [2.24, 2.45) is 0 Å². The van der Waals surface area contributed by atoms with Crippen molar-refractivity contribution in [1.29, 1.82) is 0 Å². The van der Waals surface area contributed by atoms with Crippen LogP contribution in [-0.2, 0) is 22.6 Å². The Balaban J connectivity index is 1.38. The van der Waals surface area contributed by atoms with E-state index >= 15 is 0 Å². The number of piperidine rings is 1. The van der Waals surface area contributed by atoms with Gasteiger partial charge >= 0.3 is 0 Å². The molecule has 1 aromatic carbocycles. The summed E-state index contributed by atoms with van der Waals surface area (Å²) in [5.41, 5.74) is 2.01. The van der Waals surface area contributed by atoms with E-state index in [9.17, 15) is 9.59 Å². The zero-order valence-corrected chi connectivity index (χ0v) is 16.7. The molecule has 0 bridgehead atoms. The van der Waals surface area contributed by atoms with Crippen LogP contribution in [-0.4, -0.2) is 57.8 Å². The van der Waals surface area contributed by atoms with E-state index in [1.165, 1.54) is 0 Å². The van der Waals surface area contributed by atoms with Gasteiger partial charge < -0.3 is 14.5 Å². The van der Waals surface area contributed by atoms with Crippen LogP contribution >= 0.6 is 0 Å². The van der Waals surface area contributed by atoms with Gasteiger partial charge in [-0.2, -0.15) is 0 Å². The third-order valence-corrected chi connectivity index (χ3v) is 5.64. The van der Waals surface area contributed by atoms with Crippen LogP contribution < -0.4 is 4.74 Å². The number of ether oxygens (including phenoxy) is 1. The summed E-state index contributed by atoms with van der Waals surface area (Å²) < 4.78 is 5.58. The molecule has 2 aliphatic heterocycles. The summed E-state index contributed by atoms with van der Waals surface area (Å²) in [6, 6.07) is 9.36. The van der Waals surface area contributed by atoms with Crippen LogP contribution in [0, 0.1) is 0 Å². The first-order chi connectivity index (χ1) is 14.1. The number of rotatable bonds is 4. The Kier molecular flexibility index (Phi) is 5.74. The monoisotopic (exact) mass is 394 g/mol. The maximum atomic E-state index is 12.5. The predicted molar refractivity (Wildman–Crippen MR) is 107 cm³/mol. The maximum Gasteiger partial charge on any atom is 0.260 e. The van der Waals surface area contributed by atoms with Gasteiger partial charge in [0.05, 0.1) is 5.69 Å². The average molecular weight is 394 g/mol. The summed E-state index contributed by atoms with van der Waals surface area (Å²) in [5.74, 6) is 1.78. The lowest BCUT2D eigenvalue weighted by atomic mass is 9.96. The van der Waals surface area contributed by atoms with Crippen LogP contribution in [0.2, 0.25) is 0 Å². The van der Waals surface area contributed by atoms with Gasteiger partial charge in [-0.15, -0.1) is 0 Å². The molecule has 1 unspecified atom stereocenters. The van der Waals surface area contributed by atoms with Crippen molar-refractivity contribution in [2.45, 2.75) is 38.6 Å². The lowest BCUT2D eigenvalue weighted by Gasteiger charge is -2.32. The Morgan fingerprint density at radius 1 is 1.17 bits per heavy atom. The van der Waals surface area contributed by atoms with Crippen LogP contribution in [0.15, 0.2) is 36.5 Å². The van der Waals surface area contributed by atoms with Gasteiger partial charge in [-0.25, -0.2) is 9.97 Å². The fourth-order valence-corrected chi connectivity index (χ4v) is 3.97. The average Bonchev–Trinajstić information content (AvgIpc) is 2.77. The number of hydrogen-bond acceptors (Lipinski definition) is 5. The Hall–Kier alpha value is -2.96. The molecule has 1 atom stereocenters. The van der Waals surface area contributed by atoms with Crippen molar-refractivity contribution < 1.29 is 14.3 Å². The molecule has 4 rings (SSSR count). The number of benzene rings is 1. The number of hydrogen-bond donors (Lipinski definition) is 0. The van der Waals surface area contributed by atoms with Gasteiger partial charge in [0.1, 0.15) is 11.6 Å². The molecule has 7 nitrogen and oxygen atoms in total. The van der Waals surface area contributed by atoms with Crippen molar-refractivity contribution in [3.05, 3.63) is 53.6 Å². The molecule has 0 N–H and O–H groups in total. The minimum atomic E-state index is -0.0343. The van der Waals surface area contributed by atoms with Crippen molar-refractivity contribution in [1.82, 2.24) is 19.8 Å². The fraction of sp³-hybridized carbons (Fsp3) is 0.455. The molecule has 2 aliphatic rings. The van der Waals surface area contributed by atoms with Gasteiger partial charge in [0.25, 0.3) is 5.91 Å². The summed E-state index contributed by atoms with van der Waals surface area (Å²) in [6.45, 7) is 4.29. The molecule has 1 saturated heterocycles. The van der Waals surface area contributed by atoms with E-state index < -0.39 is 0 Å². The quantitative estimate of drug-likeness (QED) is 0.794. The van der Waals surface area contributed by atoms with Gasteiger partial charge in [0.2, 0.25) is 5.91 Å². The molecule has 0 radical (unpaired) electrons. The van der Waals surface area contributed by atoms with Crippen LogP contribution in [0.5, 0.6) is 5.75 Å². The lowest BCUT2D eigenvalue weighted by Crippen LogP contribution is -2.40. The van der Waals surface area contributed by atoms with E-state index in [0.717, 1.165) is 36.5 Å². The molecule has 2 amide bonds. The second-order valence-corrected chi connectivity index (χ2v) is 7.67. The van der Waals surface area contributed by atoms with Crippen molar-refractivity contribution in [3.63, 3.8) is 0 Å². The van der Waals surface area contributed by atoms with Crippen LogP contribution in [0.3, 0.4) is 0 Å². The molecule has 0 saturated carbocycles. The number of aromatic nitrogens is 2. The zero-order chi connectivity index (χ0) is 20.2. The SMILES string of the molecule is CC(=O)N1CCCC(c2ncc3c(n2)CCN(C(=O)COc2ccccc2)C3)C1. The topological polar surface area (TPSA) is 75.6 Å². The molecular weight excluding hydrogens is 368 g/mol. The number of nitrogens with zero attached hydrogens (tertiary/aromatic N) is 4. The standard InChI is InChI=1S/C22H26N4O3/c1-16(27)25-10-5-6-17(13-25)22-23-12-18-14-26(11-9-20(18)24-22)21(28)15-29-19-7-3-2-4-8-19/h2-4,7-8,12,17H,5-6,9-11,13-15H2,1H3. The first kappa shape index (κ1) is 19.4. The van der Waals surface area contributed by atoms with E-state index in [4.69, 9.17) is 9.72 Å². The number of carbonyl (C=O) groups is 2. The first-order valence-corrected chi connectivity index (χ1v) is 10.2. The summed E-state index contributed by atoms with van der Waals surface area (Å²) in [6.07, 6.45) is 4.55. The van der Waals surface area contributed by atoms with E-state index in [2.05, 4.69) is 4.98 Å². The highest BCUT2D eigenvalue weighted by Gasteiger charge is 2.27. The maximum absolute atomic E-state index is 12.5. The largest absolute Gasteiger partial charge is 0.484 e. The van der Waals surface area contributed by atoms with Crippen LogP contribution in [0.4, 0.5) is 0 Å². The van der Waals surface area contributed by atoms with Gasteiger partial charge in [0.15, 0.2) is 6.61 Å². The second kappa shape index (κ2) is 8.59. The first-order valence-electron chi connectivity index (χ1n) is 10.2. The Labute approximate surface area is 170 Å². The summed E-state index contributed by atoms with van der Waals surface area (Å²) in [7, 11) is 0. The normalized spacial score (nSPS) is 18.9. The Morgan fingerprint density at radius 3 is 2.79 bits per heavy atom. The summed E-state index contributed by atoms with van der Waals surface area (Å²) >= 11 is 0. The third kappa shape index (κ3) is 4.55. The number of fused-ring (bicyclic) bond motifs is 1. The molecule has 1 aromatic heterocycles. The van der Waals surface area contributed by atoms with Crippen molar-refractivity contribution in [2.75, 3.05) is 26.2 Å². The minimum Gasteiger partial charge on any atom is -0.484 e. The van der Waals surface area contributed by atoms with Gasteiger partial charge in [-0.1, -0.05) is 18.2 Å². The molecule has 0 aliphatic carbocycles. The Morgan fingerprint density at radius 2 is 2.00 bits per heavy atom. The van der Waals surface area contributed by atoms with E-state index in [0.29, 0.717) is 31.8 Å². The number of carbonyl (C=O) groups excluding carboxylic acids is 2. The van der Waals surface area contributed by atoms with E-state index in [1.807, 2.05) is 41.4 Å². The lowest BCUT2D eigenvalue weighted by molar-refractivity contribution is -0.134. The number of para-hydroxylation sites is 1. The van der Waals surface area contributed by atoms with Crippen molar-refractivity contribution >= 4 is 11.8 Å². The highest BCUT2D eigenvalue weighted by molar-refractivity contribution is 5.78. The van der Waals surface area contributed by atoms with Crippen LogP contribution in [0.1, 0.15) is 42.8 Å². The minimum absolute atomic E-state index is 0.0290. The predicted octanol–water partition coefficient (Wildman–Crippen LogP) is 2.17. The second-order valence-electron chi connectivity index (χ2n) is 7.67. The van der Waals surface area contributed by atoms with Gasteiger partial charge in [0, 0.05) is 57.2 Å². The summed E-state index contributed by atoms with van der Waals surface area (Å²) in [4.78, 5) is 37.3. The Bertz CT molecular complexity index is 887. The van der Waals surface area contributed by atoms with Crippen molar-refractivity contribution in [3.8, 4) is 5.75 Å². The molecule has 2 aromatic rings. The van der Waals surface area contributed by atoms with Gasteiger partial charge in [-0.3, -0.25) is 9.59 Å². The van der Waals surface area contributed by atoms with E-state index in [1.54, 1.807) is 11.8 Å². The smallest absolute Gasteiger partial charge is 0.260 e. The molecule has 0 spiro atoms. The molecular formula is C22H26N4O3. The number of likely N-dealkylation sites (tertiary alicyclic amines) is 1. The van der Waals surface area contributed by atoms with Crippen LogP contribution in [0.25, 0.3) is 0 Å². The molecule has 152 valence electrons. The van der Waals surface area contributed by atoms with Gasteiger partial charge in [-0.05, 0) is 25.0 Å². The van der Waals surface area contributed by atoms with E-state index in [-0.39, 0.29) is 24.3 Å². The molecule has 29 heavy (non-hydrogen) atoms. The highest BCUT2D eigenvalue weighted by Crippen LogP contribution is 2.26.